The maximum Gasteiger partial charge on any atom is 0.0840 e. The number of nitrogens with two attached hydrogens (primary N) is 1. The lowest BCUT2D eigenvalue weighted by atomic mass is 10.3. The van der Waals surface area contributed by atoms with Gasteiger partial charge in [0.25, 0.3) is 0 Å². The van der Waals surface area contributed by atoms with Crippen molar-refractivity contribution < 1.29 is 0 Å². The fourth-order valence-corrected chi connectivity index (χ4v) is 2.28. The molecule has 1 aliphatic heterocycles. The predicted molar refractivity (Wildman–Crippen MR) is 65.2 cm³/mol. The summed E-state index contributed by atoms with van der Waals surface area (Å²) in [6.45, 7) is 1.00. The summed E-state index contributed by atoms with van der Waals surface area (Å²) in [7, 11) is 2.09. The van der Waals surface area contributed by atoms with Crippen LogP contribution in [0.1, 0.15) is 0 Å². The Kier molecular flexibility index (Phi) is 3.18. The molecule has 0 atom stereocenters. The summed E-state index contributed by atoms with van der Waals surface area (Å²) in [6.07, 6.45) is 4.27. The molecule has 0 fully saturated rings. The molecule has 0 aromatic heterocycles. The molecule has 0 unspecified atom stereocenters. The Morgan fingerprint density at radius 1 is 1.33 bits per heavy atom. The van der Waals surface area contributed by atoms with Crippen LogP contribution in [-0.2, 0) is 0 Å². The third kappa shape index (κ3) is 2.67. The van der Waals surface area contributed by atoms with Gasteiger partial charge in [-0.1, -0.05) is 6.08 Å². The number of anilines is 1. The fraction of sp³-hybridized carbons (Fsp3) is 0.273. The molecular formula is C11H15N3S. The van der Waals surface area contributed by atoms with Gasteiger partial charge in [0.1, 0.15) is 0 Å². The number of benzene rings is 1. The van der Waals surface area contributed by atoms with Crippen molar-refractivity contribution in [2.45, 2.75) is 4.90 Å². The molecule has 0 saturated heterocycles. The summed E-state index contributed by atoms with van der Waals surface area (Å²) in [5.41, 5.74) is 6.45. The molecule has 1 aromatic carbocycles. The van der Waals surface area contributed by atoms with Crippen LogP contribution in [0.15, 0.2) is 41.4 Å². The van der Waals surface area contributed by atoms with Gasteiger partial charge in [-0.3, -0.25) is 0 Å². The van der Waals surface area contributed by atoms with Gasteiger partial charge in [-0.05, 0) is 24.3 Å². The van der Waals surface area contributed by atoms with Gasteiger partial charge in [0.05, 0.1) is 5.88 Å². The molecule has 3 nitrogen and oxygen atoms in total. The number of hydrazine groups is 1. The summed E-state index contributed by atoms with van der Waals surface area (Å²) in [4.78, 5) is 1.25. The number of nitrogen functional groups attached to an aromatic ring is 1. The smallest absolute Gasteiger partial charge is 0.0840 e. The zero-order valence-electron chi connectivity index (χ0n) is 8.76. The molecule has 0 amide bonds. The molecule has 0 radical (unpaired) electrons. The Morgan fingerprint density at radius 3 is 2.67 bits per heavy atom. The van der Waals surface area contributed by atoms with E-state index < -0.39 is 0 Å². The average Bonchev–Trinajstić information content (AvgIpc) is 2.63. The highest BCUT2D eigenvalue weighted by Crippen LogP contribution is 2.21. The minimum Gasteiger partial charge on any atom is -0.399 e. The largest absolute Gasteiger partial charge is 0.399 e. The zero-order chi connectivity index (χ0) is 10.7. The highest BCUT2D eigenvalue weighted by Gasteiger charge is 2.10. The predicted octanol–water partition coefficient (Wildman–Crippen LogP) is 1.99. The van der Waals surface area contributed by atoms with Crippen molar-refractivity contribution in [1.29, 1.82) is 0 Å². The molecule has 0 spiro atoms. The van der Waals surface area contributed by atoms with Crippen LogP contribution in [-0.4, -0.2) is 29.5 Å². The molecule has 1 heterocycles. The molecule has 0 bridgehead atoms. The van der Waals surface area contributed by atoms with E-state index in [4.69, 9.17) is 5.73 Å². The molecule has 80 valence electrons. The Morgan fingerprint density at radius 2 is 2.07 bits per heavy atom. The maximum absolute atomic E-state index is 5.63. The summed E-state index contributed by atoms with van der Waals surface area (Å²) < 4.78 is 0. The van der Waals surface area contributed by atoms with Gasteiger partial charge in [0.15, 0.2) is 0 Å². The SMILES string of the molecule is CN1CC=CN1CSc1ccc(N)cc1. The first-order valence-corrected chi connectivity index (χ1v) is 5.87. The molecule has 2 rings (SSSR count). The second-order valence-electron chi connectivity index (χ2n) is 3.51. The van der Waals surface area contributed by atoms with Crippen LogP contribution in [0.5, 0.6) is 0 Å². The van der Waals surface area contributed by atoms with Crippen LogP contribution in [0.2, 0.25) is 0 Å². The van der Waals surface area contributed by atoms with Crippen molar-refractivity contribution in [1.82, 2.24) is 10.0 Å². The molecule has 15 heavy (non-hydrogen) atoms. The topological polar surface area (TPSA) is 32.5 Å². The van der Waals surface area contributed by atoms with Crippen molar-refractivity contribution in [3.63, 3.8) is 0 Å². The van der Waals surface area contributed by atoms with E-state index in [1.54, 1.807) is 0 Å². The van der Waals surface area contributed by atoms with Crippen molar-refractivity contribution in [2.75, 3.05) is 25.2 Å². The van der Waals surface area contributed by atoms with E-state index in [1.165, 1.54) is 4.90 Å². The quantitative estimate of drug-likeness (QED) is 0.625. The lowest BCUT2D eigenvalue weighted by molar-refractivity contribution is 0.109. The van der Waals surface area contributed by atoms with E-state index in [0.29, 0.717) is 0 Å². The van der Waals surface area contributed by atoms with Crippen LogP contribution in [0.25, 0.3) is 0 Å². The van der Waals surface area contributed by atoms with E-state index in [0.717, 1.165) is 18.1 Å². The van der Waals surface area contributed by atoms with Crippen molar-refractivity contribution >= 4 is 17.4 Å². The van der Waals surface area contributed by atoms with Crippen LogP contribution in [0.4, 0.5) is 5.69 Å². The first-order chi connectivity index (χ1) is 7.25. The summed E-state index contributed by atoms with van der Waals surface area (Å²) >= 11 is 1.81. The lowest BCUT2D eigenvalue weighted by Crippen LogP contribution is -2.30. The van der Waals surface area contributed by atoms with Crippen molar-refractivity contribution in [3.05, 3.63) is 36.5 Å². The Hall–Kier alpha value is -1.13. The molecule has 1 aromatic rings. The van der Waals surface area contributed by atoms with E-state index in [2.05, 4.69) is 41.5 Å². The van der Waals surface area contributed by atoms with Gasteiger partial charge in [-0.15, -0.1) is 11.8 Å². The second kappa shape index (κ2) is 4.59. The number of likely N-dealkylation sites (N-methyl/N-ethyl adjacent to an activating group) is 1. The average molecular weight is 221 g/mol. The Balaban J connectivity index is 1.87. The van der Waals surface area contributed by atoms with Gasteiger partial charge in [-0.25, -0.2) is 5.01 Å². The van der Waals surface area contributed by atoms with E-state index in [-0.39, 0.29) is 0 Å². The second-order valence-corrected chi connectivity index (χ2v) is 4.53. The molecule has 1 aliphatic rings. The standard InChI is InChI=1S/C11H15N3S/c1-13-7-2-8-14(13)9-15-11-5-3-10(12)4-6-11/h2-6,8H,7,9,12H2,1H3. The van der Waals surface area contributed by atoms with Gasteiger partial charge < -0.3 is 10.7 Å². The van der Waals surface area contributed by atoms with E-state index >= 15 is 0 Å². The lowest BCUT2D eigenvalue weighted by Gasteiger charge is -2.24. The van der Waals surface area contributed by atoms with Crippen LogP contribution in [0.3, 0.4) is 0 Å². The normalized spacial score (nSPS) is 16.2. The third-order valence-corrected chi connectivity index (χ3v) is 3.33. The molecular weight excluding hydrogens is 206 g/mol. The number of hydrogen-bond acceptors (Lipinski definition) is 4. The number of nitrogens with zero attached hydrogens (tertiary/aromatic N) is 2. The van der Waals surface area contributed by atoms with Gasteiger partial charge in [0, 0.05) is 30.4 Å². The van der Waals surface area contributed by atoms with Crippen molar-refractivity contribution in [3.8, 4) is 0 Å². The third-order valence-electron chi connectivity index (χ3n) is 2.33. The fourth-order valence-electron chi connectivity index (χ4n) is 1.39. The number of thioether (sulfide) groups is 1. The van der Waals surface area contributed by atoms with Crippen LogP contribution >= 0.6 is 11.8 Å². The van der Waals surface area contributed by atoms with Crippen LogP contribution < -0.4 is 5.73 Å². The monoisotopic (exact) mass is 221 g/mol. The molecule has 0 saturated carbocycles. The first-order valence-electron chi connectivity index (χ1n) is 4.88. The summed E-state index contributed by atoms with van der Waals surface area (Å²) in [6, 6.07) is 7.98. The summed E-state index contributed by atoms with van der Waals surface area (Å²) in [5, 5.41) is 4.38. The van der Waals surface area contributed by atoms with Crippen LogP contribution in [0, 0.1) is 0 Å². The van der Waals surface area contributed by atoms with Gasteiger partial charge >= 0.3 is 0 Å². The Bertz CT molecular complexity index is 347. The highest BCUT2D eigenvalue weighted by atomic mass is 32.2. The first kappa shape index (κ1) is 10.4. The Labute approximate surface area is 94.5 Å². The summed E-state index contributed by atoms with van der Waals surface area (Å²) in [5.74, 6) is 0.941. The van der Waals surface area contributed by atoms with Gasteiger partial charge in [-0.2, -0.15) is 0 Å². The minimum absolute atomic E-state index is 0.817. The van der Waals surface area contributed by atoms with Crippen molar-refractivity contribution in [2.24, 2.45) is 0 Å². The molecule has 0 aliphatic carbocycles. The maximum atomic E-state index is 5.63. The van der Waals surface area contributed by atoms with E-state index in [1.807, 2.05) is 23.9 Å². The van der Waals surface area contributed by atoms with E-state index in [9.17, 15) is 0 Å². The zero-order valence-corrected chi connectivity index (χ0v) is 9.57. The highest BCUT2D eigenvalue weighted by molar-refractivity contribution is 7.99. The molecule has 4 heteroatoms. The number of rotatable bonds is 3. The molecule has 2 N–H and O–H groups in total. The minimum atomic E-state index is 0.817. The van der Waals surface area contributed by atoms with Gasteiger partial charge in [0.2, 0.25) is 0 Å². The number of hydrogen-bond donors (Lipinski definition) is 1.